The van der Waals surface area contributed by atoms with Gasteiger partial charge in [0.2, 0.25) is 0 Å². The summed E-state index contributed by atoms with van der Waals surface area (Å²) in [7, 11) is 2.69. The van der Waals surface area contributed by atoms with E-state index in [0.29, 0.717) is 11.8 Å². The molecule has 0 aromatic carbocycles. The van der Waals surface area contributed by atoms with Gasteiger partial charge in [0.05, 0.1) is 0 Å². The second-order valence-corrected chi connectivity index (χ2v) is 4.81. The van der Waals surface area contributed by atoms with Crippen molar-refractivity contribution in [2.75, 3.05) is 26.0 Å². The summed E-state index contributed by atoms with van der Waals surface area (Å²) in [4.78, 5) is 0. The van der Waals surface area contributed by atoms with E-state index in [9.17, 15) is 0 Å². The molecule has 5 heteroatoms. The number of ether oxygens (including phenoxy) is 2. The average molecular weight is 229 g/mol. The van der Waals surface area contributed by atoms with Crippen molar-refractivity contribution < 1.29 is 9.47 Å². The third-order valence-electron chi connectivity index (χ3n) is 1.49. The molecule has 0 bridgehead atoms. The highest BCUT2D eigenvalue weighted by Crippen LogP contribution is 2.01. The number of rotatable bonds is 6. The quantitative estimate of drug-likeness (QED) is 0.385. The standard InChI is InChI=1S/C7H14Cl2O2Si/c1-10-7(11-2)12-6(5-9)3-4-8/h3,7H,4-5,12H2,1-2H3/b6-3-. The Morgan fingerprint density at radius 2 is 2.00 bits per heavy atom. The highest BCUT2D eigenvalue weighted by Gasteiger charge is 2.08. The molecule has 0 heterocycles. The van der Waals surface area contributed by atoms with E-state index >= 15 is 0 Å². The van der Waals surface area contributed by atoms with Gasteiger partial charge >= 0.3 is 0 Å². The Morgan fingerprint density at radius 3 is 2.33 bits per heavy atom. The van der Waals surface area contributed by atoms with Crippen molar-refractivity contribution in [2.24, 2.45) is 0 Å². The third-order valence-corrected chi connectivity index (χ3v) is 4.37. The maximum absolute atomic E-state index is 5.70. The Kier molecular flexibility index (Phi) is 8.38. The van der Waals surface area contributed by atoms with Gasteiger partial charge in [0.1, 0.15) is 15.4 Å². The Labute approximate surface area is 85.6 Å². The lowest BCUT2D eigenvalue weighted by molar-refractivity contribution is -0.0433. The summed E-state index contributed by atoms with van der Waals surface area (Å²) in [5, 5.41) is 1.18. The second kappa shape index (κ2) is 8.07. The van der Waals surface area contributed by atoms with Crippen molar-refractivity contribution in [1.29, 1.82) is 0 Å². The molecule has 0 aliphatic rings. The average Bonchev–Trinajstić information content (AvgIpc) is 2.12. The number of allylic oxidation sites excluding steroid dienone is 2. The summed E-state index contributed by atoms with van der Waals surface area (Å²) in [6.45, 7) is 0. The first-order chi connectivity index (χ1) is 5.78. The first-order valence-corrected chi connectivity index (χ1v) is 6.23. The van der Waals surface area contributed by atoms with Gasteiger partial charge in [0.15, 0.2) is 0 Å². The van der Waals surface area contributed by atoms with Crippen LogP contribution < -0.4 is 0 Å². The zero-order chi connectivity index (χ0) is 9.40. The van der Waals surface area contributed by atoms with Gasteiger partial charge in [-0.3, -0.25) is 0 Å². The van der Waals surface area contributed by atoms with Crippen LogP contribution in [0.15, 0.2) is 11.3 Å². The molecule has 0 rings (SSSR count). The summed E-state index contributed by atoms with van der Waals surface area (Å²) in [5.41, 5.74) is 0. The van der Waals surface area contributed by atoms with Crippen LogP contribution in [0.4, 0.5) is 0 Å². The molecule has 0 radical (unpaired) electrons. The third kappa shape index (κ3) is 5.16. The maximum Gasteiger partial charge on any atom is 0.138 e. The molecule has 0 aliphatic heterocycles. The van der Waals surface area contributed by atoms with Gasteiger partial charge in [0.25, 0.3) is 0 Å². The Balaban J connectivity index is 3.91. The van der Waals surface area contributed by atoms with E-state index in [1.165, 1.54) is 5.20 Å². The van der Waals surface area contributed by atoms with Crippen LogP contribution in [0.1, 0.15) is 0 Å². The first-order valence-electron chi connectivity index (χ1n) is 3.63. The predicted molar refractivity (Wildman–Crippen MR) is 55.9 cm³/mol. The Hall–Kier alpha value is 0.457. The lowest BCUT2D eigenvalue weighted by Gasteiger charge is -2.13. The number of hydrogen-bond donors (Lipinski definition) is 0. The monoisotopic (exact) mass is 228 g/mol. The van der Waals surface area contributed by atoms with Crippen molar-refractivity contribution in [3.05, 3.63) is 11.3 Å². The number of alkyl halides is 2. The Bertz CT molecular complexity index is 137. The first kappa shape index (κ1) is 12.5. The largest absolute Gasteiger partial charge is 0.360 e. The zero-order valence-electron chi connectivity index (χ0n) is 7.35. The molecule has 12 heavy (non-hydrogen) atoms. The number of methoxy groups -OCH3 is 2. The lowest BCUT2D eigenvalue weighted by Crippen LogP contribution is -2.23. The fourth-order valence-corrected chi connectivity index (χ4v) is 2.80. The van der Waals surface area contributed by atoms with Crippen LogP contribution in [-0.2, 0) is 9.47 Å². The van der Waals surface area contributed by atoms with Crippen molar-refractivity contribution in [3.63, 3.8) is 0 Å². The predicted octanol–water partition coefficient (Wildman–Crippen LogP) is 1.09. The van der Waals surface area contributed by atoms with Crippen molar-refractivity contribution >= 4 is 32.7 Å². The molecule has 0 saturated carbocycles. The Morgan fingerprint density at radius 1 is 1.42 bits per heavy atom. The van der Waals surface area contributed by atoms with E-state index in [-0.39, 0.29) is 5.91 Å². The minimum Gasteiger partial charge on any atom is -0.360 e. The van der Waals surface area contributed by atoms with Crippen LogP contribution in [0, 0.1) is 0 Å². The molecule has 0 amide bonds. The van der Waals surface area contributed by atoms with Crippen LogP contribution in [0.3, 0.4) is 0 Å². The van der Waals surface area contributed by atoms with Gasteiger partial charge in [-0.2, -0.15) is 0 Å². The maximum atomic E-state index is 5.70. The van der Waals surface area contributed by atoms with Crippen LogP contribution in [0.5, 0.6) is 0 Å². The molecule has 0 atom stereocenters. The summed E-state index contributed by atoms with van der Waals surface area (Å²) >= 11 is 11.3. The van der Waals surface area contributed by atoms with Crippen molar-refractivity contribution in [1.82, 2.24) is 0 Å². The summed E-state index contributed by atoms with van der Waals surface area (Å²) in [5.74, 6) is 0.954. The SMILES string of the molecule is COC(OC)[SiH2]/C(=C\CCl)CCl. The molecular formula is C7H14Cl2O2Si. The highest BCUT2D eigenvalue weighted by molar-refractivity contribution is 6.49. The molecule has 0 aromatic heterocycles. The normalized spacial score (nSPS) is 13.6. The van der Waals surface area contributed by atoms with E-state index in [4.69, 9.17) is 32.7 Å². The topological polar surface area (TPSA) is 18.5 Å². The molecular weight excluding hydrogens is 215 g/mol. The zero-order valence-corrected chi connectivity index (χ0v) is 10.3. The van der Waals surface area contributed by atoms with E-state index in [2.05, 4.69) is 0 Å². The van der Waals surface area contributed by atoms with Crippen LogP contribution in [0.25, 0.3) is 0 Å². The van der Waals surface area contributed by atoms with E-state index in [0.717, 1.165) is 0 Å². The molecule has 0 spiro atoms. The molecule has 0 aromatic rings. The molecule has 0 aliphatic carbocycles. The van der Waals surface area contributed by atoms with Crippen molar-refractivity contribution in [2.45, 2.75) is 5.91 Å². The molecule has 72 valence electrons. The lowest BCUT2D eigenvalue weighted by atomic mass is 10.6. The highest BCUT2D eigenvalue weighted by atomic mass is 35.5. The van der Waals surface area contributed by atoms with Gasteiger partial charge < -0.3 is 9.47 Å². The van der Waals surface area contributed by atoms with Gasteiger partial charge in [-0.25, -0.2) is 0 Å². The molecule has 2 nitrogen and oxygen atoms in total. The van der Waals surface area contributed by atoms with Gasteiger partial charge in [-0.15, -0.1) is 23.2 Å². The molecule has 0 saturated heterocycles. The number of halogens is 2. The van der Waals surface area contributed by atoms with E-state index < -0.39 is 9.52 Å². The van der Waals surface area contributed by atoms with E-state index in [1.807, 2.05) is 6.08 Å². The van der Waals surface area contributed by atoms with Gasteiger partial charge in [-0.05, 0) is 0 Å². The molecule has 0 N–H and O–H groups in total. The van der Waals surface area contributed by atoms with Crippen LogP contribution in [0.2, 0.25) is 0 Å². The molecule has 0 fully saturated rings. The minimum atomic E-state index is -0.571. The van der Waals surface area contributed by atoms with Gasteiger partial charge in [0, 0.05) is 26.0 Å². The number of hydrogen-bond acceptors (Lipinski definition) is 2. The summed E-state index contributed by atoms with van der Waals surface area (Å²) < 4.78 is 10.2. The van der Waals surface area contributed by atoms with Gasteiger partial charge in [-0.1, -0.05) is 11.3 Å². The smallest absolute Gasteiger partial charge is 0.138 e. The van der Waals surface area contributed by atoms with Crippen LogP contribution >= 0.6 is 23.2 Å². The fraction of sp³-hybridized carbons (Fsp3) is 0.714. The minimum absolute atomic E-state index is 0.0850. The van der Waals surface area contributed by atoms with E-state index in [1.54, 1.807) is 14.2 Å². The van der Waals surface area contributed by atoms with Crippen molar-refractivity contribution in [3.8, 4) is 0 Å². The summed E-state index contributed by atoms with van der Waals surface area (Å²) in [6.07, 6.45) is 1.94. The van der Waals surface area contributed by atoms with Crippen LogP contribution in [-0.4, -0.2) is 41.4 Å². The molecule has 0 unspecified atom stereocenters. The summed E-state index contributed by atoms with van der Waals surface area (Å²) in [6, 6.07) is 0. The fourth-order valence-electron chi connectivity index (χ4n) is 0.779. The second-order valence-electron chi connectivity index (χ2n) is 2.26.